The summed E-state index contributed by atoms with van der Waals surface area (Å²) in [5, 5.41) is 6.75. The van der Waals surface area contributed by atoms with Crippen molar-refractivity contribution in [3.8, 4) is 0 Å². The van der Waals surface area contributed by atoms with E-state index in [0.29, 0.717) is 0 Å². The first-order chi connectivity index (χ1) is 7.15. The minimum Gasteiger partial charge on any atom is -0.319 e. The van der Waals surface area contributed by atoms with E-state index in [-0.39, 0.29) is 0 Å². The molecule has 1 aliphatic rings. The van der Waals surface area contributed by atoms with Gasteiger partial charge in [-0.2, -0.15) is 0 Å². The molecule has 2 unspecified atom stereocenters. The second-order valence-electron chi connectivity index (χ2n) is 5.17. The molecule has 0 radical (unpaired) electrons. The van der Waals surface area contributed by atoms with Gasteiger partial charge < -0.3 is 10.6 Å². The molecule has 3 nitrogen and oxygen atoms in total. The third kappa shape index (κ3) is 4.09. The van der Waals surface area contributed by atoms with E-state index in [4.69, 9.17) is 0 Å². The van der Waals surface area contributed by atoms with Crippen LogP contribution in [0.15, 0.2) is 0 Å². The maximum atomic E-state index is 3.49. The molecule has 2 atom stereocenters. The summed E-state index contributed by atoms with van der Waals surface area (Å²) in [5.41, 5.74) is 0. The van der Waals surface area contributed by atoms with Crippen LogP contribution in [0.25, 0.3) is 0 Å². The average molecular weight is 213 g/mol. The van der Waals surface area contributed by atoms with Crippen LogP contribution in [0, 0.1) is 11.8 Å². The Hall–Kier alpha value is -0.120. The summed E-state index contributed by atoms with van der Waals surface area (Å²) in [6, 6.07) is 0.720. The van der Waals surface area contributed by atoms with Crippen molar-refractivity contribution in [1.29, 1.82) is 0 Å². The molecule has 0 aromatic heterocycles. The molecule has 0 aromatic carbocycles. The van der Waals surface area contributed by atoms with Gasteiger partial charge in [0.2, 0.25) is 0 Å². The molecule has 0 aromatic rings. The summed E-state index contributed by atoms with van der Waals surface area (Å²) in [6.45, 7) is 12.8. The lowest BCUT2D eigenvalue weighted by Crippen LogP contribution is -2.54. The molecule has 1 aliphatic heterocycles. The fourth-order valence-electron chi connectivity index (χ4n) is 2.46. The Morgan fingerprint density at radius 3 is 2.73 bits per heavy atom. The molecule has 1 rings (SSSR count). The van der Waals surface area contributed by atoms with Crippen LogP contribution in [0.3, 0.4) is 0 Å². The Balaban J connectivity index is 2.42. The van der Waals surface area contributed by atoms with Gasteiger partial charge in [0.1, 0.15) is 0 Å². The molecule has 15 heavy (non-hydrogen) atoms. The van der Waals surface area contributed by atoms with Crippen LogP contribution in [0.2, 0.25) is 0 Å². The lowest BCUT2D eigenvalue weighted by atomic mass is 9.99. The van der Waals surface area contributed by atoms with Gasteiger partial charge in [-0.25, -0.2) is 0 Å². The van der Waals surface area contributed by atoms with Crippen LogP contribution < -0.4 is 10.6 Å². The number of hydrogen-bond acceptors (Lipinski definition) is 3. The van der Waals surface area contributed by atoms with Gasteiger partial charge in [-0.3, -0.25) is 4.90 Å². The summed E-state index contributed by atoms with van der Waals surface area (Å²) < 4.78 is 0. The predicted octanol–water partition coefficient (Wildman–Crippen LogP) is 0.772. The van der Waals surface area contributed by atoms with Gasteiger partial charge in [0.25, 0.3) is 0 Å². The number of rotatable bonds is 5. The van der Waals surface area contributed by atoms with Crippen LogP contribution in [-0.2, 0) is 0 Å². The van der Waals surface area contributed by atoms with Crippen molar-refractivity contribution in [2.75, 3.05) is 39.8 Å². The lowest BCUT2D eigenvalue weighted by Gasteiger charge is -2.40. The highest BCUT2D eigenvalue weighted by Crippen LogP contribution is 2.14. The summed E-state index contributed by atoms with van der Waals surface area (Å²) in [6.07, 6.45) is 0. The Bertz CT molecular complexity index is 170. The molecule has 0 aliphatic carbocycles. The zero-order valence-corrected chi connectivity index (χ0v) is 10.7. The first-order valence-electron chi connectivity index (χ1n) is 6.24. The largest absolute Gasteiger partial charge is 0.319 e. The minimum absolute atomic E-state index is 0.720. The average Bonchev–Trinajstić information content (AvgIpc) is 2.18. The molecule has 1 heterocycles. The molecule has 1 saturated heterocycles. The molecule has 0 saturated carbocycles. The van der Waals surface area contributed by atoms with Crippen LogP contribution in [0.4, 0.5) is 0 Å². The monoisotopic (exact) mass is 213 g/mol. The molecule has 1 fully saturated rings. The molecular weight excluding hydrogens is 186 g/mol. The second kappa shape index (κ2) is 6.46. The van der Waals surface area contributed by atoms with Crippen molar-refractivity contribution in [3.63, 3.8) is 0 Å². The smallest absolute Gasteiger partial charge is 0.0244 e. The SMILES string of the molecule is CNCC(C)CN1CCNCC1C(C)C. The summed E-state index contributed by atoms with van der Waals surface area (Å²) in [7, 11) is 2.04. The van der Waals surface area contributed by atoms with E-state index in [0.717, 1.165) is 37.5 Å². The molecule has 2 N–H and O–H groups in total. The van der Waals surface area contributed by atoms with Gasteiger partial charge in [-0.05, 0) is 25.4 Å². The Labute approximate surface area is 94.6 Å². The van der Waals surface area contributed by atoms with Gasteiger partial charge >= 0.3 is 0 Å². The van der Waals surface area contributed by atoms with Gasteiger partial charge in [0, 0.05) is 32.2 Å². The first-order valence-corrected chi connectivity index (χ1v) is 6.24. The van der Waals surface area contributed by atoms with Crippen LogP contribution in [0.1, 0.15) is 20.8 Å². The zero-order chi connectivity index (χ0) is 11.3. The van der Waals surface area contributed by atoms with Crippen molar-refractivity contribution in [2.24, 2.45) is 11.8 Å². The highest BCUT2D eigenvalue weighted by Gasteiger charge is 2.25. The predicted molar refractivity (Wildman–Crippen MR) is 66.2 cm³/mol. The highest BCUT2D eigenvalue weighted by atomic mass is 15.2. The van der Waals surface area contributed by atoms with Crippen LogP contribution >= 0.6 is 0 Å². The maximum Gasteiger partial charge on any atom is 0.0244 e. The quantitative estimate of drug-likeness (QED) is 0.706. The third-order valence-corrected chi connectivity index (χ3v) is 3.27. The van der Waals surface area contributed by atoms with E-state index in [9.17, 15) is 0 Å². The van der Waals surface area contributed by atoms with E-state index in [2.05, 4.69) is 36.3 Å². The molecule has 90 valence electrons. The molecule has 3 heteroatoms. The molecule has 0 spiro atoms. The highest BCUT2D eigenvalue weighted by molar-refractivity contribution is 4.83. The zero-order valence-electron chi connectivity index (χ0n) is 10.7. The molecule has 0 bridgehead atoms. The summed E-state index contributed by atoms with van der Waals surface area (Å²) in [4.78, 5) is 2.66. The number of piperazine rings is 1. The normalized spacial score (nSPS) is 25.8. The van der Waals surface area contributed by atoms with E-state index in [1.165, 1.54) is 13.1 Å². The van der Waals surface area contributed by atoms with Crippen molar-refractivity contribution in [1.82, 2.24) is 15.5 Å². The number of hydrogen-bond donors (Lipinski definition) is 2. The van der Waals surface area contributed by atoms with Crippen molar-refractivity contribution < 1.29 is 0 Å². The number of nitrogens with one attached hydrogen (secondary N) is 2. The van der Waals surface area contributed by atoms with E-state index < -0.39 is 0 Å². The standard InChI is InChI=1S/C12H27N3/c1-10(2)12-8-14-5-6-15(12)9-11(3)7-13-4/h10-14H,5-9H2,1-4H3. The van der Waals surface area contributed by atoms with Crippen LogP contribution in [0.5, 0.6) is 0 Å². The van der Waals surface area contributed by atoms with Gasteiger partial charge in [-0.1, -0.05) is 20.8 Å². The Kier molecular flexibility index (Phi) is 5.58. The Morgan fingerprint density at radius 1 is 1.40 bits per heavy atom. The fourth-order valence-corrected chi connectivity index (χ4v) is 2.46. The van der Waals surface area contributed by atoms with Gasteiger partial charge in [-0.15, -0.1) is 0 Å². The van der Waals surface area contributed by atoms with Crippen molar-refractivity contribution in [3.05, 3.63) is 0 Å². The first kappa shape index (κ1) is 12.9. The third-order valence-electron chi connectivity index (χ3n) is 3.27. The van der Waals surface area contributed by atoms with Crippen LogP contribution in [-0.4, -0.2) is 50.7 Å². The topological polar surface area (TPSA) is 27.3 Å². The van der Waals surface area contributed by atoms with E-state index in [1.54, 1.807) is 0 Å². The minimum atomic E-state index is 0.720. The Morgan fingerprint density at radius 2 is 2.13 bits per heavy atom. The van der Waals surface area contributed by atoms with E-state index >= 15 is 0 Å². The van der Waals surface area contributed by atoms with Crippen molar-refractivity contribution in [2.45, 2.75) is 26.8 Å². The maximum absolute atomic E-state index is 3.49. The molecule has 0 amide bonds. The van der Waals surface area contributed by atoms with Crippen molar-refractivity contribution >= 4 is 0 Å². The summed E-state index contributed by atoms with van der Waals surface area (Å²) in [5.74, 6) is 1.49. The van der Waals surface area contributed by atoms with Gasteiger partial charge in [0.15, 0.2) is 0 Å². The van der Waals surface area contributed by atoms with E-state index in [1.807, 2.05) is 7.05 Å². The lowest BCUT2D eigenvalue weighted by molar-refractivity contribution is 0.108. The number of nitrogens with zero attached hydrogens (tertiary/aromatic N) is 1. The molecular formula is C12H27N3. The summed E-state index contributed by atoms with van der Waals surface area (Å²) >= 11 is 0. The second-order valence-corrected chi connectivity index (χ2v) is 5.17. The van der Waals surface area contributed by atoms with Gasteiger partial charge in [0.05, 0.1) is 0 Å². The fraction of sp³-hybridized carbons (Fsp3) is 1.00.